The summed E-state index contributed by atoms with van der Waals surface area (Å²) < 4.78 is 2.36. The molecule has 0 radical (unpaired) electrons. The van der Waals surface area contributed by atoms with Crippen LogP contribution in [0.3, 0.4) is 0 Å². The number of nitrogens with zero attached hydrogens (tertiary/aromatic N) is 2. The number of fused-ring (bicyclic) bond motifs is 6. The predicted octanol–water partition coefficient (Wildman–Crippen LogP) is 11.7. The first-order valence-electron chi connectivity index (χ1n) is 18.1. The Morgan fingerprint density at radius 2 is 1.20 bits per heavy atom. The van der Waals surface area contributed by atoms with Gasteiger partial charge in [-0.25, -0.2) is 0 Å². The lowest BCUT2D eigenvalue weighted by Crippen LogP contribution is -2.55. The Hall–Kier alpha value is -5.39. The highest BCUT2D eigenvalue weighted by molar-refractivity contribution is 6.17. The number of rotatable bonds is 3. The van der Waals surface area contributed by atoms with Gasteiger partial charge in [-0.2, -0.15) is 5.26 Å². The Bertz CT molecular complexity index is 2480. The number of hydrogen-bond donors (Lipinski definition) is 0. The summed E-state index contributed by atoms with van der Waals surface area (Å²) in [5, 5.41) is 12.4. The molecule has 0 amide bonds. The van der Waals surface area contributed by atoms with Crippen LogP contribution in [-0.2, 0) is 5.41 Å². The third-order valence-corrected chi connectivity index (χ3v) is 13.0. The van der Waals surface area contributed by atoms with Crippen molar-refractivity contribution < 1.29 is 0 Å². The lowest BCUT2D eigenvalue weighted by Gasteiger charge is -2.61. The van der Waals surface area contributed by atoms with Crippen LogP contribution in [0.25, 0.3) is 60.9 Å². The summed E-state index contributed by atoms with van der Waals surface area (Å²) in [6.07, 6.45) is 7.01. The van der Waals surface area contributed by atoms with Crippen molar-refractivity contribution >= 4 is 21.8 Å². The summed E-state index contributed by atoms with van der Waals surface area (Å²) in [4.78, 5) is 0. The summed E-state index contributed by atoms with van der Waals surface area (Å²) in [6.45, 7) is 0. The number of nitriles is 1. The Kier molecular flexibility index (Phi) is 5.66. The zero-order valence-corrected chi connectivity index (χ0v) is 27.4. The van der Waals surface area contributed by atoms with Gasteiger partial charge in [0.05, 0.1) is 22.7 Å². The molecule has 7 aromatic rings. The first-order chi connectivity index (χ1) is 24.2. The highest BCUT2D eigenvalue weighted by Crippen LogP contribution is 2.70. The van der Waals surface area contributed by atoms with Crippen molar-refractivity contribution in [2.45, 2.75) is 37.5 Å². The van der Waals surface area contributed by atoms with Gasteiger partial charge in [-0.05, 0) is 131 Å². The van der Waals surface area contributed by atoms with Crippen molar-refractivity contribution in [2.75, 3.05) is 0 Å². The molecule has 6 aromatic carbocycles. The van der Waals surface area contributed by atoms with Gasteiger partial charge in [-0.1, -0.05) is 103 Å². The molecule has 5 aliphatic carbocycles. The molecular formula is C47H36N2. The van der Waals surface area contributed by atoms with Gasteiger partial charge in [-0.15, -0.1) is 0 Å². The van der Waals surface area contributed by atoms with E-state index in [1.54, 1.807) is 11.1 Å². The molecule has 4 bridgehead atoms. The highest BCUT2D eigenvalue weighted by atomic mass is 15.0. The van der Waals surface area contributed by atoms with Crippen LogP contribution >= 0.6 is 0 Å². The van der Waals surface area contributed by atoms with Crippen LogP contribution in [-0.4, -0.2) is 4.57 Å². The zero-order chi connectivity index (χ0) is 32.3. The van der Waals surface area contributed by atoms with Crippen molar-refractivity contribution in [3.05, 3.63) is 150 Å². The average molecular weight is 629 g/mol. The molecule has 2 heteroatoms. The Morgan fingerprint density at radius 1 is 0.551 bits per heavy atom. The lowest BCUT2D eigenvalue weighted by atomic mass is 9.43. The molecule has 0 unspecified atom stereocenters. The van der Waals surface area contributed by atoms with E-state index in [4.69, 9.17) is 0 Å². The van der Waals surface area contributed by atoms with E-state index in [1.165, 1.54) is 81.8 Å². The van der Waals surface area contributed by atoms with Crippen LogP contribution in [0.1, 0.15) is 48.8 Å². The summed E-state index contributed by atoms with van der Waals surface area (Å²) in [5.74, 6) is 3.32. The first-order valence-corrected chi connectivity index (χ1v) is 18.1. The van der Waals surface area contributed by atoms with E-state index in [1.807, 2.05) is 6.07 Å². The summed E-state index contributed by atoms with van der Waals surface area (Å²) in [6, 6.07) is 51.5. The number of benzene rings is 6. The topological polar surface area (TPSA) is 28.7 Å². The fourth-order valence-corrected chi connectivity index (χ4v) is 11.5. The molecule has 0 N–H and O–H groups in total. The molecule has 0 saturated heterocycles. The molecule has 49 heavy (non-hydrogen) atoms. The molecule has 12 rings (SSSR count). The molecule has 5 aliphatic rings. The quantitative estimate of drug-likeness (QED) is 0.191. The van der Waals surface area contributed by atoms with Crippen molar-refractivity contribution in [2.24, 2.45) is 23.7 Å². The SMILES string of the molecule is N#Cc1ccc2c3c(-c4cccc5c4-c4ccccc4C54C5CC6CC(C5)CC4C6)cccc3n(-c3ccc(-c4ccccc4)cc3)c2c1. The van der Waals surface area contributed by atoms with E-state index in [0.717, 1.165) is 34.9 Å². The van der Waals surface area contributed by atoms with Crippen molar-refractivity contribution in [3.63, 3.8) is 0 Å². The van der Waals surface area contributed by atoms with E-state index in [0.29, 0.717) is 5.56 Å². The largest absolute Gasteiger partial charge is 0.309 e. The van der Waals surface area contributed by atoms with Crippen LogP contribution in [0.2, 0.25) is 0 Å². The molecule has 0 atom stereocenters. The maximum atomic E-state index is 9.98. The van der Waals surface area contributed by atoms with Gasteiger partial charge in [0.1, 0.15) is 0 Å². The molecule has 1 aromatic heterocycles. The van der Waals surface area contributed by atoms with Crippen LogP contribution in [0.15, 0.2) is 133 Å². The summed E-state index contributed by atoms with van der Waals surface area (Å²) in [7, 11) is 0. The maximum Gasteiger partial charge on any atom is 0.0992 e. The van der Waals surface area contributed by atoms with Gasteiger partial charge in [0.15, 0.2) is 0 Å². The Labute approximate surface area is 287 Å². The fraction of sp³-hybridized carbons (Fsp3) is 0.213. The second kappa shape index (κ2) is 10.1. The molecule has 234 valence electrons. The average Bonchev–Trinajstić information content (AvgIpc) is 3.64. The minimum absolute atomic E-state index is 0.138. The van der Waals surface area contributed by atoms with Gasteiger partial charge in [0.25, 0.3) is 0 Å². The Balaban J connectivity index is 1.16. The normalized spacial score (nSPS) is 24.4. The van der Waals surface area contributed by atoms with Crippen molar-refractivity contribution in [3.8, 4) is 45.1 Å². The fourth-order valence-electron chi connectivity index (χ4n) is 11.5. The zero-order valence-electron chi connectivity index (χ0n) is 27.4. The third-order valence-electron chi connectivity index (χ3n) is 13.0. The smallest absolute Gasteiger partial charge is 0.0992 e. The standard InChI is InChI=1S/C47H36N2/c48-28-29-16-21-40-44(27-29)49(36-19-17-33(18-20-36)32-8-2-1-3-9-32)43-15-7-12-38(46(40)43)37-11-6-14-42-45(37)39-10-4-5-13-41(39)47(42)34-23-30-22-31(25-34)26-35(47)24-30/h1-21,27,30-31,34-35H,22-26H2. The third kappa shape index (κ3) is 3.66. The molecule has 1 heterocycles. The molecule has 2 nitrogen and oxygen atoms in total. The second-order valence-electron chi connectivity index (χ2n) is 15.2. The molecule has 1 spiro atoms. The Morgan fingerprint density at radius 3 is 1.98 bits per heavy atom. The van der Waals surface area contributed by atoms with Gasteiger partial charge in [0.2, 0.25) is 0 Å². The van der Waals surface area contributed by atoms with Crippen LogP contribution < -0.4 is 0 Å². The first kappa shape index (κ1) is 27.5. The van der Waals surface area contributed by atoms with Crippen molar-refractivity contribution in [1.29, 1.82) is 5.26 Å². The molecule has 4 saturated carbocycles. The van der Waals surface area contributed by atoms with Gasteiger partial charge < -0.3 is 4.57 Å². The van der Waals surface area contributed by atoms with E-state index >= 15 is 0 Å². The molecule has 0 aliphatic heterocycles. The summed E-state index contributed by atoms with van der Waals surface area (Å²) in [5.41, 5.74) is 15.3. The van der Waals surface area contributed by atoms with E-state index in [2.05, 4.69) is 138 Å². The predicted molar refractivity (Wildman–Crippen MR) is 200 cm³/mol. The van der Waals surface area contributed by atoms with Crippen LogP contribution in [0.5, 0.6) is 0 Å². The van der Waals surface area contributed by atoms with E-state index in [-0.39, 0.29) is 5.41 Å². The van der Waals surface area contributed by atoms with Crippen LogP contribution in [0.4, 0.5) is 0 Å². The van der Waals surface area contributed by atoms with Gasteiger partial charge in [-0.3, -0.25) is 0 Å². The van der Waals surface area contributed by atoms with Gasteiger partial charge >= 0.3 is 0 Å². The minimum Gasteiger partial charge on any atom is -0.309 e. The number of hydrogen-bond acceptors (Lipinski definition) is 1. The number of aromatic nitrogens is 1. The van der Waals surface area contributed by atoms with Crippen LogP contribution in [0, 0.1) is 35.0 Å². The lowest BCUT2D eigenvalue weighted by molar-refractivity contribution is -0.0399. The highest BCUT2D eigenvalue weighted by Gasteiger charge is 2.61. The van der Waals surface area contributed by atoms with E-state index < -0.39 is 0 Å². The monoisotopic (exact) mass is 628 g/mol. The van der Waals surface area contributed by atoms with Crippen molar-refractivity contribution in [1.82, 2.24) is 4.57 Å². The molecular weight excluding hydrogens is 593 g/mol. The molecule has 4 fully saturated rings. The second-order valence-corrected chi connectivity index (χ2v) is 15.2. The minimum atomic E-state index is 0.138. The maximum absolute atomic E-state index is 9.98. The van der Waals surface area contributed by atoms with Gasteiger partial charge in [0, 0.05) is 21.9 Å². The van der Waals surface area contributed by atoms with E-state index in [9.17, 15) is 5.26 Å². The summed E-state index contributed by atoms with van der Waals surface area (Å²) >= 11 is 0.